The Labute approximate surface area is 171 Å². The molecule has 0 atom stereocenters. The van der Waals surface area contributed by atoms with Crippen LogP contribution in [0.1, 0.15) is 64.9 Å². The van der Waals surface area contributed by atoms with Crippen LogP contribution in [0.2, 0.25) is 0 Å². The Morgan fingerprint density at radius 2 is 1.55 bits per heavy atom. The maximum absolute atomic E-state index is 12.8. The second-order valence-electron chi connectivity index (χ2n) is 9.37. The number of benzene rings is 1. The summed E-state index contributed by atoms with van der Waals surface area (Å²) in [6.45, 7) is 7.23. The number of rotatable bonds is 5. The SMILES string of the molecule is CC(C)OC(=O)C1(C(=O)OC(C)C)CC2(CC(c3ccnc4ccccc34)C2)C1. The Morgan fingerprint density at radius 1 is 0.966 bits per heavy atom. The topological polar surface area (TPSA) is 65.5 Å². The van der Waals surface area contributed by atoms with Crippen molar-refractivity contribution in [3.05, 3.63) is 42.1 Å². The lowest BCUT2D eigenvalue weighted by molar-refractivity contribution is -0.204. The predicted octanol–water partition coefficient (Wildman–Crippen LogP) is 4.78. The number of hydrogen-bond donors (Lipinski definition) is 0. The van der Waals surface area contributed by atoms with E-state index >= 15 is 0 Å². The Bertz CT molecular complexity index is 906. The fourth-order valence-electron chi connectivity index (χ4n) is 5.22. The van der Waals surface area contributed by atoms with Crippen molar-refractivity contribution in [3.63, 3.8) is 0 Å². The fourth-order valence-corrected chi connectivity index (χ4v) is 5.22. The van der Waals surface area contributed by atoms with Gasteiger partial charge in [-0.15, -0.1) is 0 Å². The molecule has 0 saturated heterocycles. The van der Waals surface area contributed by atoms with Gasteiger partial charge in [0, 0.05) is 11.6 Å². The molecule has 1 heterocycles. The van der Waals surface area contributed by atoms with Gasteiger partial charge in [-0.1, -0.05) is 18.2 Å². The third-order valence-electron chi connectivity index (χ3n) is 6.30. The van der Waals surface area contributed by atoms with E-state index in [2.05, 4.69) is 17.1 Å². The van der Waals surface area contributed by atoms with E-state index < -0.39 is 17.4 Å². The van der Waals surface area contributed by atoms with Crippen molar-refractivity contribution in [2.75, 3.05) is 0 Å². The molecule has 0 unspecified atom stereocenters. The zero-order valence-corrected chi connectivity index (χ0v) is 17.6. The van der Waals surface area contributed by atoms with Gasteiger partial charge in [0.1, 0.15) is 0 Å². The van der Waals surface area contributed by atoms with Gasteiger partial charge < -0.3 is 9.47 Å². The molecule has 29 heavy (non-hydrogen) atoms. The minimum Gasteiger partial charge on any atom is -0.462 e. The summed E-state index contributed by atoms with van der Waals surface area (Å²) in [6.07, 6.45) is 4.38. The van der Waals surface area contributed by atoms with Crippen LogP contribution >= 0.6 is 0 Å². The first-order valence-electron chi connectivity index (χ1n) is 10.5. The molecule has 154 valence electrons. The average Bonchev–Trinajstić information content (AvgIpc) is 2.58. The molecule has 0 amide bonds. The minimum absolute atomic E-state index is 0.0288. The van der Waals surface area contributed by atoms with Crippen molar-refractivity contribution in [1.29, 1.82) is 0 Å². The van der Waals surface area contributed by atoms with E-state index in [4.69, 9.17) is 9.47 Å². The molecule has 4 rings (SSSR count). The van der Waals surface area contributed by atoms with Crippen LogP contribution in [-0.2, 0) is 19.1 Å². The number of pyridine rings is 1. The molecule has 0 radical (unpaired) electrons. The van der Waals surface area contributed by atoms with Crippen LogP contribution in [0, 0.1) is 10.8 Å². The van der Waals surface area contributed by atoms with Gasteiger partial charge in [0.15, 0.2) is 5.41 Å². The van der Waals surface area contributed by atoms with Crippen molar-refractivity contribution < 1.29 is 19.1 Å². The quantitative estimate of drug-likeness (QED) is 0.538. The number of carbonyl (C=O) groups is 2. The zero-order chi connectivity index (χ0) is 20.8. The zero-order valence-electron chi connectivity index (χ0n) is 17.6. The molecule has 0 aliphatic heterocycles. The lowest BCUT2D eigenvalue weighted by Crippen LogP contribution is -2.61. The standard InChI is InChI=1S/C24H29NO4/c1-15(2)28-21(26)24(22(27)29-16(3)4)13-23(14-24)11-17(12-23)18-9-10-25-20-8-6-5-7-19(18)20/h5-10,15-17H,11-14H2,1-4H3. The van der Waals surface area contributed by atoms with Gasteiger partial charge in [-0.2, -0.15) is 0 Å². The van der Waals surface area contributed by atoms with Crippen LogP contribution < -0.4 is 0 Å². The normalized spacial score (nSPS) is 19.8. The maximum atomic E-state index is 12.8. The number of fused-ring (bicyclic) bond motifs is 1. The van der Waals surface area contributed by atoms with Crippen LogP contribution in [0.5, 0.6) is 0 Å². The lowest BCUT2D eigenvalue weighted by Gasteiger charge is -2.61. The Hall–Kier alpha value is -2.43. The Morgan fingerprint density at radius 3 is 2.14 bits per heavy atom. The second-order valence-corrected chi connectivity index (χ2v) is 9.37. The highest BCUT2D eigenvalue weighted by molar-refractivity contribution is 6.01. The van der Waals surface area contributed by atoms with Crippen molar-refractivity contribution in [1.82, 2.24) is 4.98 Å². The third-order valence-corrected chi connectivity index (χ3v) is 6.30. The van der Waals surface area contributed by atoms with Crippen molar-refractivity contribution in [3.8, 4) is 0 Å². The first-order chi connectivity index (χ1) is 13.7. The molecule has 0 N–H and O–H groups in total. The summed E-state index contributed by atoms with van der Waals surface area (Å²) >= 11 is 0. The van der Waals surface area contributed by atoms with Crippen LogP contribution in [0.25, 0.3) is 10.9 Å². The molecule has 2 aliphatic rings. The molecule has 5 heteroatoms. The molecular formula is C24H29NO4. The van der Waals surface area contributed by atoms with Crippen LogP contribution in [0.3, 0.4) is 0 Å². The molecular weight excluding hydrogens is 366 g/mol. The monoisotopic (exact) mass is 395 g/mol. The fraction of sp³-hybridized carbons (Fsp3) is 0.542. The lowest BCUT2D eigenvalue weighted by atomic mass is 9.42. The first kappa shape index (κ1) is 19.9. The molecule has 1 aromatic carbocycles. The highest BCUT2D eigenvalue weighted by Gasteiger charge is 2.68. The van der Waals surface area contributed by atoms with Crippen molar-refractivity contribution >= 4 is 22.8 Å². The molecule has 2 saturated carbocycles. The number of para-hydroxylation sites is 1. The molecule has 1 aromatic heterocycles. The Balaban J connectivity index is 1.51. The number of hydrogen-bond acceptors (Lipinski definition) is 5. The smallest absolute Gasteiger partial charge is 0.323 e. The minimum atomic E-state index is -1.14. The number of esters is 2. The molecule has 0 bridgehead atoms. The first-order valence-corrected chi connectivity index (χ1v) is 10.5. The number of carbonyl (C=O) groups excluding carboxylic acids is 2. The van der Waals surface area contributed by atoms with Gasteiger partial charge >= 0.3 is 11.9 Å². The van der Waals surface area contributed by atoms with Gasteiger partial charge in [0.25, 0.3) is 0 Å². The van der Waals surface area contributed by atoms with Gasteiger partial charge in [-0.3, -0.25) is 14.6 Å². The summed E-state index contributed by atoms with van der Waals surface area (Å²) in [5.41, 5.74) is 1.21. The molecule has 2 aliphatic carbocycles. The maximum Gasteiger partial charge on any atom is 0.323 e. The van der Waals surface area contributed by atoms with E-state index in [1.54, 1.807) is 0 Å². The second kappa shape index (κ2) is 7.12. The van der Waals surface area contributed by atoms with E-state index in [1.165, 1.54) is 10.9 Å². The molecule has 1 spiro atoms. The highest BCUT2D eigenvalue weighted by atomic mass is 16.6. The van der Waals surface area contributed by atoms with Crippen LogP contribution in [-0.4, -0.2) is 29.1 Å². The average molecular weight is 395 g/mol. The molecule has 2 fully saturated rings. The van der Waals surface area contributed by atoms with Gasteiger partial charge in [-0.05, 0) is 82.4 Å². The van der Waals surface area contributed by atoms with E-state index in [1.807, 2.05) is 52.1 Å². The number of aromatic nitrogens is 1. The van der Waals surface area contributed by atoms with Gasteiger partial charge in [0.05, 0.1) is 17.7 Å². The largest absolute Gasteiger partial charge is 0.462 e. The summed E-state index contributed by atoms with van der Waals surface area (Å²) < 4.78 is 10.9. The van der Waals surface area contributed by atoms with E-state index in [0.29, 0.717) is 18.8 Å². The van der Waals surface area contributed by atoms with Crippen LogP contribution in [0.4, 0.5) is 0 Å². The van der Waals surface area contributed by atoms with Gasteiger partial charge in [-0.25, -0.2) is 0 Å². The summed E-state index contributed by atoms with van der Waals surface area (Å²) in [5.74, 6) is -0.425. The van der Waals surface area contributed by atoms with E-state index in [9.17, 15) is 9.59 Å². The summed E-state index contributed by atoms with van der Waals surface area (Å²) in [4.78, 5) is 30.1. The number of ether oxygens (including phenoxy) is 2. The van der Waals surface area contributed by atoms with E-state index in [-0.39, 0.29) is 17.6 Å². The van der Waals surface area contributed by atoms with Crippen molar-refractivity contribution in [2.24, 2.45) is 10.8 Å². The molecule has 5 nitrogen and oxygen atoms in total. The Kier molecular flexibility index (Phi) is 4.88. The summed E-state index contributed by atoms with van der Waals surface area (Å²) in [5, 5.41) is 1.19. The summed E-state index contributed by atoms with van der Waals surface area (Å²) in [7, 11) is 0. The van der Waals surface area contributed by atoms with E-state index in [0.717, 1.165) is 18.4 Å². The van der Waals surface area contributed by atoms with Crippen LogP contribution in [0.15, 0.2) is 36.5 Å². The highest BCUT2D eigenvalue weighted by Crippen LogP contribution is 2.69. The third kappa shape index (κ3) is 3.41. The molecule has 2 aromatic rings. The number of nitrogens with zero attached hydrogens (tertiary/aromatic N) is 1. The van der Waals surface area contributed by atoms with Crippen molar-refractivity contribution in [2.45, 2.75) is 71.5 Å². The summed E-state index contributed by atoms with van der Waals surface area (Å²) in [6, 6.07) is 10.3. The predicted molar refractivity (Wildman–Crippen MR) is 110 cm³/mol. The van der Waals surface area contributed by atoms with Gasteiger partial charge in [0.2, 0.25) is 0 Å².